The number of ether oxygens (including phenoxy) is 1. The Hall–Kier alpha value is -0.650. The summed E-state index contributed by atoms with van der Waals surface area (Å²) in [6.07, 6.45) is -0.616. The highest BCUT2D eigenvalue weighted by Gasteiger charge is 2.12. The molecular weight excluding hydrogens is 186 g/mol. The van der Waals surface area contributed by atoms with Crippen LogP contribution in [0, 0.1) is 0 Å². The lowest BCUT2D eigenvalue weighted by Gasteiger charge is -2.21. The van der Waals surface area contributed by atoms with Crippen LogP contribution in [0.1, 0.15) is 13.8 Å². The predicted octanol–water partition coefficient (Wildman–Crippen LogP) is -0.210. The summed E-state index contributed by atoms with van der Waals surface area (Å²) in [5.41, 5.74) is 0. The van der Waals surface area contributed by atoms with Crippen molar-refractivity contribution in [3.8, 4) is 0 Å². The highest BCUT2D eigenvalue weighted by atomic mass is 16.5. The quantitative estimate of drug-likeness (QED) is 0.574. The standard InChI is InChI=1S/C9H19NO4/c1-3-10(6-9(12)13)5-8(11)7-14-4-2/h8,11H,3-7H2,1-2H3,(H,12,13). The highest BCUT2D eigenvalue weighted by molar-refractivity contribution is 5.69. The molecule has 0 saturated heterocycles. The van der Waals surface area contributed by atoms with Gasteiger partial charge in [0.05, 0.1) is 19.3 Å². The average molecular weight is 205 g/mol. The number of carbonyl (C=O) groups is 1. The zero-order valence-electron chi connectivity index (χ0n) is 8.77. The summed E-state index contributed by atoms with van der Waals surface area (Å²) >= 11 is 0. The van der Waals surface area contributed by atoms with Crippen molar-refractivity contribution in [3.05, 3.63) is 0 Å². The molecule has 0 aliphatic carbocycles. The molecule has 0 aliphatic heterocycles. The molecule has 0 aromatic heterocycles. The van der Waals surface area contributed by atoms with E-state index >= 15 is 0 Å². The topological polar surface area (TPSA) is 70.0 Å². The Bertz CT molecular complexity index is 163. The van der Waals surface area contributed by atoms with Crippen LogP contribution in [-0.4, -0.2) is 60.0 Å². The number of aliphatic hydroxyl groups excluding tert-OH is 1. The lowest BCUT2D eigenvalue weighted by Crippen LogP contribution is -2.38. The molecule has 0 bridgehead atoms. The zero-order chi connectivity index (χ0) is 11.0. The van der Waals surface area contributed by atoms with Crippen LogP contribution in [0.25, 0.3) is 0 Å². The van der Waals surface area contributed by atoms with Crippen LogP contribution >= 0.6 is 0 Å². The molecule has 14 heavy (non-hydrogen) atoms. The van der Waals surface area contributed by atoms with Gasteiger partial charge < -0.3 is 14.9 Å². The minimum absolute atomic E-state index is 0.0420. The van der Waals surface area contributed by atoms with E-state index in [-0.39, 0.29) is 13.2 Å². The van der Waals surface area contributed by atoms with Gasteiger partial charge in [0, 0.05) is 13.2 Å². The molecule has 2 N–H and O–H groups in total. The van der Waals surface area contributed by atoms with Crippen molar-refractivity contribution in [3.63, 3.8) is 0 Å². The first-order chi connectivity index (χ1) is 6.60. The third-order valence-corrected chi connectivity index (χ3v) is 1.79. The maximum atomic E-state index is 10.4. The van der Waals surface area contributed by atoms with Crippen molar-refractivity contribution in [2.75, 3.05) is 32.8 Å². The molecule has 0 spiro atoms. The van der Waals surface area contributed by atoms with Crippen molar-refractivity contribution in [1.29, 1.82) is 0 Å². The number of aliphatic carboxylic acids is 1. The number of hydrogen-bond donors (Lipinski definition) is 2. The maximum Gasteiger partial charge on any atom is 0.317 e. The third kappa shape index (κ3) is 6.82. The highest BCUT2D eigenvalue weighted by Crippen LogP contribution is 1.93. The summed E-state index contributed by atoms with van der Waals surface area (Å²) in [5, 5.41) is 18.0. The maximum absolute atomic E-state index is 10.4. The zero-order valence-corrected chi connectivity index (χ0v) is 8.77. The Kier molecular flexibility index (Phi) is 7.37. The number of likely N-dealkylation sites (N-methyl/N-ethyl adjacent to an activating group) is 1. The SMILES string of the molecule is CCOCC(O)CN(CC)CC(=O)O. The molecule has 84 valence electrons. The molecule has 0 aromatic rings. The van der Waals surface area contributed by atoms with Crippen molar-refractivity contribution < 1.29 is 19.7 Å². The van der Waals surface area contributed by atoms with Crippen LogP contribution in [-0.2, 0) is 9.53 Å². The van der Waals surface area contributed by atoms with Crippen LogP contribution in [0.3, 0.4) is 0 Å². The number of carboxylic acids is 1. The number of aliphatic hydroxyl groups is 1. The van der Waals surface area contributed by atoms with E-state index in [0.717, 1.165) is 0 Å². The normalized spacial score (nSPS) is 13.1. The first-order valence-corrected chi connectivity index (χ1v) is 4.80. The van der Waals surface area contributed by atoms with Gasteiger partial charge in [-0.15, -0.1) is 0 Å². The molecule has 5 nitrogen and oxygen atoms in total. The smallest absolute Gasteiger partial charge is 0.317 e. The average Bonchev–Trinajstić information content (AvgIpc) is 2.12. The molecular formula is C9H19NO4. The van der Waals surface area contributed by atoms with Gasteiger partial charge in [-0.3, -0.25) is 9.69 Å². The fourth-order valence-electron chi connectivity index (χ4n) is 1.10. The number of carboxylic acid groups (broad SMARTS) is 1. The minimum Gasteiger partial charge on any atom is -0.480 e. The van der Waals surface area contributed by atoms with Crippen LogP contribution in [0.2, 0.25) is 0 Å². The number of rotatable bonds is 8. The minimum atomic E-state index is -0.879. The van der Waals surface area contributed by atoms with Gasteiger partial charge in [-0.05, 0) is 13.5 Å². The first kappa shape index (κ1) is 13.4. The third-order valence-electron chi connectivity index (χ3n) is 1.79. The lowest BCUT2D eigenvalue weighted by molar-refractivity contribution is -0.138. The monoisotopic (exact) mass is 205 g/mol. The molecule has 1 atom stereocenters. The Labute approximate surface area is 84.3 Å². The molecule has 0 heterocycles. The van der Waals surface area contributed by atoms with Crippen LogP contribution in [0.5, 0.6) is 0 Å². The molecule has 0 rings (SSSR count). The Balaban J connectivity index is 3.73. The predicted molar refractivity (Wildman–Crippen MR) is 52.2 cm³/mol. The van der Waals surface area contributed by atoms with Crippen molar-refractivity contribution >= 4 is 5.97 Å². The Morgan fingerprint density at radius 3 is 2.57 bits per heavy atom. The first-order valence-electron chi connectivity index (χ1n) is 4.80. The Morgan fingerprint density at radius 2 is 2.14 bits per heavy atom. The summed E-state index contributed by atoms with van der Waals surface area (Å²) < 4.78 is 5.02. The molecule has 0 aliphatic rings. The molecule has 0 radical (unpaired) electrons. The molecule has 5 heteroatoms. The molecule has 0 saturated carbocycles. The van der Waals surface area contributed by atoms with Gasteiger partial charge in [0.1, 0.15) is 0 Å². The second-order valence-corrected chi connectivity index (χ2v) is 3.03. The lowest BCUT2D eigenvalue weighted by atomic mass is 10.3. The second-order valence-electron chi connectivity index (χ2n) is 3.03. The van der Waals surface area contributed by atoms with Crippen molar-refractivity contribution in [1.82, 2.24) is 4.90 Å². The van der Waals surface area contributed by atoms with Gasteiger partial charge in [0.15, 0.2) is 0 Å². The molecule has 0 amide bonds. The van der Waals surface area contributed by atoms with E-state index in [0.29, 0.717) is 19.7 Å². The van der Waals surface area contributed by atoms with E-state index in [1.54, 1.807) is 4.90 Å². The van der Waals surface area contributed by atoms with Gasteiger partial charge in [-0.2, -0.15) is 0 Å². The van der Waals surface area contributed by atoms with Crippen molar-refractivity contribution in [2.24, 2.45) is 0 Å². The van der Waals surface area contributed by atoms with Crippen LogP contribution < -0.4 is 0 Å². The number of nitrogens with zero attached hydrogens (tertiary/aromatic N) is 1. The summed E-state index contributed by atoms with van der Waals surface area (Å²) in [6, 6.07) is 0. The van der Waals surface area contributed by atoms with E-state index in [1.165, 1.54) is 0 Å². The van der Waals surface area contributed by atoms with E-state index in [4.69, 9.17) is 9.84 Å². The summed E-state index contributed by atoms with van der Waals surface area (Å²) in [7, 11) is 0. The molecule has 0 aromatic carbocycles. The summed E-state index contributed by atoms with van der Waals surface area (Å²) in [4.78, 5) is 12.1. The van der Waals surface area contributed by atoms with Crippen LogP contribution in [0.15, 0.2) is 0 Å². The molecule has 1 unspecified atom stereocenters. The van der Waals surface area contributed by atoms with Crippen molar-refractivity contribution in [2.45, 2.75) is 20.0 Å². The number of hydrogen-bond acceptors (Lipinski definition) is 4. The van der Waals surface area contributed by atoms with Gasteiger partial charge in [-0.25, -0.2) is 0 Å². The van der Waals surface area contributed by atoms with Gasteiger partial charge in [-0.1, -0.05) is 6.92 Å². The fourth-order valence-corrected chi connectivity index (χ4v) is 1.10. The Morgan fingerprint density at radius 1 is 1.50 bits per heavy atom. The van der Waals surface area contributed by atoms with Crippen LogP contribution in [0.4, 0.5) is 0 Å². The van der Waals surface area contributed by atoms with E-state index < -0.39 is 12.1 Å². The summed E-state index contributed by atoms with van der Waals surface area (Å²) in [5.74, 6) is -0.879. The van der Waals surface area contributed by atoms with Gasteiger partial charge in [0.25, 0.3) is 0 Å². The van der Waals surface area contributed by atoms with Gasteiger partial charge in [0.2, 0.25) is 0 Å². The van der Waals surface area contributed by atoms with E-state index in [1.807, 2.05) is 13.8 Å². The largest absolute Gasteiger partial charge is 0.480 e. The van der Waals surface area contributed by atoms with Gasteiger partial charge >= 0.3 is 5.97 Å². The summed E-state index contributed by atoms with van der Waals surface area (Å²) in [6.45, 7) is 5.42. The van der Waals surface area contributed by atoms with E-state index in [9.17, 15) is 9.90 Å². The second kappa shape index (κ2) is 7.73. The van der Waals surface area contributed by atoms with E-state index in [2.05, 4.69) is 0 Å². The molecule has 0 fully saturated rings. The fraction of sp³-hybridized carbons (Fsp3) is 0.889.